The van der Waals surface area contributed by atoms with Gasteiger partial charge in [-0.05, 0) is 24.3 Å². The molecular formula is C20H18Cl3N5O3S. The molecule has 3 aromatic rings. The third kappa shape index (κ3) is 6.29. The molecule has 0 atom stereocenters. The first-order valence-corrected chi connectivity index (χ1v) is 11.3. The smallest absolute Gasteiger partial charge is 0.234 e. The number of aromatic nitrogens is 3. The quantitative estimate of drug-likeness (QED) is 0.423. The Balaban J connectivity index is 1.56. The zero-order chi connectivity index (χ0) is 23.3. The van der Waals surface area contributed by atoms with Gasteiger partial charge in [-0.15, -0.1) is 10.2 Å². The average molecular weight is 515 g/mol. The maximum absolute atomic E-state index is 12.4. The normalized spacial score (nSPS) is 10.7. The summed E-state index contributed by atoms with van der Waals surface area (Å²) in [6.07, 6.45) is 0.0173. The largest absolute Gasteiger partial charge is 0.497 e. The molecule has 32 heavy (non-hydrogen) atoms. The number of thioether (sulfide) groups is 1. The number of hydrogen-bond acceptors (Lipinski definition) is 6. The number of benzene rings is 2. The van der Waals surface area contributed by atoms with Crippen molar-refractivity contribution < 1.29 is 14.3 Å². The number of anilines is 2. The molecule has 1 heterocycles. The van der Waals surface area contributed by atoms with E-state index < -0.39 is 0 Å². The Morgan fingerprint density at radius 3 is 2.47 bits per heavy atom. The van der Waals surface area contributed by atoms with Crippen molar-refractivity contribution in [2.24, 2.45) is 7.05 Å². The fraction of sp³-hybridized carbons (Fsp3) is 0.200. The number of methoxy groups -OCH3 is 1. The fourth-order valence-electron chi connectivity index (χ4n) is 2.64. The molecular weight excluding hydrogens is 497 g/mol. The zero-order valence-electron chi connectivity index (χ0n) is 17.0. The molecule has 2 amide bonds. The zero-order valence-corrected chi connectivity index (χ0v) is 20.1. The predicted octanol–water partition coefficient (Wildman–Crippen LogP) is 4.70. The first-order chi connectivity index (χ1) is 15.3. The Labute approximate surface area is 203 Å². The van der Waals surface area contributed by atoms with Crippen LogP contribution in [-0.2, 0) is 23.1 Å². The van der Waals surface area contributed by atoms with Crippen molar-refractivity contribution in [2.75, 3.05) is 23.5 Å². The summed E-state index contributed by atoms with van der Waals surface area (Å²) >= 11 is 19.2. The van der Waals surface area contributed by atoms with Crippen LogP contribution in [0.3, 0.4) is 0 Å². The van der Waals surface area contributed by atoms with Gasteiger partial charge in [-0.25, -0.2) is 0 Å². The molecule has 8 nitrogen and oxygen atoms in total. The van der Waals surface area contributed by atoms with Crippen LogP contribution in [0, 0.1) is 0 Å². The van der Waals surface area contributed by atoms with Gasteiger partial charge >= 0.3 is 0 Å². The highest BCUT2D eigenvalue weighted by molar-refractivity contribution is 7.99. The van der Waals surface area contributed by atoms with Crippen molar-refractivity contribution in [1.29, 1.82) is 0 Å². The molecule has 2 aromatic carbocycles. The topological polar surface area (TPSA) is 98.1 Å². The van der Waals surface area contributed by atoms with Crippen molar-refractivity contribution in [3.63, 3.8) is 0 Å². The van der Waals surface area contributed by atoms with E-state index >= 15 is 0 Å². The molecule has 12 heteroatoms. The van der Waals surface area contributed by atoms with Crippen LogP contribution < -0.4 is 15.4 Å². The molecule has 0 unspecified atom stereocenters. The van der Waals surface area contributed by atoms with Gasteiger partial charge in [0.25, 0.3) is 0 Å². The van der Waals surface area contributed by atoms with Gasteiger partial charge in [0.2, 0.25) is 11.8 Å². The minimum absolute atomic E-state index is 0.0173. The lowest BCUT2D eigenvalue weighted by Gasteiger charge is -2.10. The molecule has 0 spiro atoms. The number of nitrogens with zero attached hydrogens (tertiary/aromatic N) is 3. The number of rotatable bonds is 8. The minimum Gasteiger partial charge on any atom is -0.497 e. The Kier molecular flexibility index (Phi) is 8.25. The Morgan fingerprint density at radius 2 is 1.78 bits per heavy atom. The van der Waals surface area contributed by atoms with Crippen molar-refractivity contribution in [3.8, 4) is 5.75 Å². The highest BCUT2D eigenvalue weighted by Crippen LogP contribution is 2.33. The summed E-state index contributed by atoms with van der Waals surface area (Å²) in [4.78, 5) is 24.7. The first-order valence-electron chi connectivity index (χ1n) is 9.16. The van der Waals surface area contributed by atoms with Crippen molar-refractivity contribution in [2.45, 2.75) is 11.6 Å². The first kappa shape index (κ1) is 24.2. The van der Waals surface area contributed by atoms with Crippen LogP contribution in [-0.4, -0.2) is 39.4 Å². The van der Waals surface area contributed by atoms with Gasteiger partial charge in [0, 0.05) is 23.8 Å². The monoisotopic (exact) mass is 513 g/mol. The van der Waals surface area contributed by atoms with Crippen LogP contribution in [0.2, 0.25) is 15.1 Å². The second-order valence-electron chi connectivity index (χ2n) is 6.50. The molecule has 0 fully saturated rings. The number of halogens is 3. The molecule has 0 aliphatic carbocycles. The second-order valence-corrected chi connectivity index (χ2v) is 8.69. The van der Waals surface area contributed by atoms with Crippen LogP contribution in [0.5, 0.6) is 5.75 Å². The summed E-state index contributed by atoms with van der Waals surface area (Å²) in [5.74, 6) is 0.547. The van der Waals surface area contributed by atoms with Gasteiger partial charge in [0.05, 0.1) is 35.0 Å². The predicted molar refractivity (Wildman–Crippen MR) is 127 cm³/mol. The molecule has 0 aliphatic heterocycles. The summed E-state index contributed by atoms with van der Waals surface area (Å²) in [5.41, 5.74) is 0.901. The van der Waals surface area contributed by atoms with E-state index in [1.165, 1.54) is 12.1 Å². The van der Waals surface area contributed by atoms with Crippen LogP contribution in [0.4, 0.5) is 11.4 Å². The Bertz CT molecular complexity index is 1130. The van der Waals surface area contributed by atoms with E-state index in [9.17, 15) is 9.59 Å². The summed E-state index contributed by atoms with van der Waals surface area (Å²) in [6, 6.07) is 10.0. The number of carbonyl (C=O) groups is 2. The minimum atomic E-state index is -0.332. The van der Waals surface area contributed by atoms with Crippen molar-refractivity contribution in [1.82, 2.24) is 14.8 Å². The summed E-state index contributed by atoms with van der Waals surface area (Å²) in [5, 5.41) is 14.9. The molecule has 0 saturated heterocycles. The molecule has 168 valence electrons. The number of carbonyl (C=O) groups excluding carboxylic acids is 2. The summed E-state index contributed by atoms with van der Waals surface area (Å²) < 4.78 is 6.80. The maximum Gasteiger partial charge on any atom is 0.234 e. The van der Waals surface area contributed by atoms with E-state index in [1.807, 2.05) is 0 Å². The van der Waals surface area contributed by atoms with Gasteiger partial charge in [-0.2, -0.15) is 0 Å². The summed E-state index contributed by atoms with van der Waals surface area (Å²) in [6.45, 7) is 0. The molecule has 3 rings (SSSR count). The third-order valence-corrected chi connectivity index (χ3v) is 6.04. The van der Waals surface area contributed by atoms with E-state index in [1.54, 1.807) is 43.0 Å². The van der Waals surface area contributed by atoms with Gasteiger partial charge < -0.3 is 19.9 Å². The van der Waals surface area contributed by atoms with E-state index in [4.69, 9.17) is 39.5 Å². The number of nitrogens with one attached hydrogen (secondary N) is 2. The molecule has 0 bridgehead atoms. The number of hydrogen-bond donors (Lipinski definition) is 2. The van der Waals surface area contributed by atoms with E-state index in [0.717, 1.165) is 11.8 Å². The molecule has 2 N–H and O–H groups in total. The van der Waals surface area contributed by atoms with Gasteiger partial charge in [0.1, 0.15) is 11.6 Å². The van der Waals surface area contributed by atoms with E-state index in [0.29, 0.717) is 27.4 Å². The lowest BCUT2D eigenvalue weighted by atomic mass is 10.3. The molecule has 1 aromatic heterocycles. The van der Waals surface area contributed by atoms with Crippen molar-refractivity contribution >= 4 is 69.8 Å². The molecule has 0 radical (unpaired) electrons. The van der Waals surface area contributed by atoms with Gasteiger partial charge in [-0.3, -0.25) is 9.59 Å². The van der Waals surface area contributed by atoms with Crippen LogP contribution in [0.1, 0.15) is 5.82 Å². The van der Waals surface area contributed by atoms with Crippen LogP contribution in [0.15, 0.2) is 41.6 Å². The second kappa shape index (κ2) is 10.9. The SMILES string of the molecule is COc1cccc(NC(=O)Cc2nnc(SCC(=O)Nc3c(Cl)cc(Cl)cc3Cl)n2C)c1. The van der Waals surface area contributed by atoms with Gasteiger partial charge in [0.15, 0.2) is 5.16 Å². The van der Waals surface area contributed by atoms with E-state index in [2.05, 4.69) is 20.8 Å². The highest BCUT2D eigenvalue weighted by Gasteiger charge is 2.16. The Hall–Kier alpha value is -2.46. The van der Waals surface area contributed by atoms with Crippen molar-refractivity contribution in [3.05, 3.63) is 57.3 Å². The van der Waals surface area contributed by atoms with Crippen LogP contribution in [0.25, 0.3) is 0 Å². The lowest BCUT2D eigenvalue weighted by Crippen LogP contribution is -2.17. The highest BCUT2D eigenvalue weighted by atomic mass is 35.5. The summed E-state index contributed by atoms with van der Waals surface area (Å²) in [7, 11) is 3.28. The van der Waals surface area contributed by atoms with Crippen LogP contribution >= 0.6 is 46.6 Å². The molecule has 0 aliphatic rings. The molecule has 0 saturated carbocycles. The van der Waals surface area contributed by atoms with Gasteiger partial charge in [-0.1, -0.05) is 52.6 Å². The fourth-order valence-corrected chi connectivity index (χ4v) is 4.28. The average Bonchev–Trinajstić information content (AvgIpc) is 3.08. The standard InChI is InChI=1S/C20H18Cl3N5O3S/c1-28-16(9-17(29)24-12-4-3-5-13(8-12)31-2)26-27-20(28)32-10-18(30)25-19-14(22)6-11(21)7-15(19)23/h3-8H,9-10H2,1-2H3,(H,24,29)(H,25,30). The maximum atomic E-state index is 12.4. The Morgan fingerprint density at radius 1 is 1.06 bits per heavy atom. The lowest BCUT2D eigenvalue weighted by molar-refractivity contribution is -0.116. The third-order valence-electron chi connectivity index (χ3n) is 4.20. The van der Waals surface area contributed by atoms with E-state index in [-0.39, 0.29) is 39.7 Å². The number of amides is 2. The number of ether oxygens (including phenoxy) is 1.